The van der Waals surface area contributed by atoms with Gasteiger partial charge in [0.1, 0.15) is 0 Å². The van der Waals surface area contributed by atoms with E-state index < -0.39 is 0 Å². The van der Waals surface area contributed by atoms with E-state index in [1.54, 1.807) is 0 Å². The molecular formula is C18H36. The standard InChI is InChI=1S/C18H36/c1-5-7-11-18-14-17(15(3)4)13-10-8-9-12-16(18)6-2/h15-18H,5-14H2,1-4H3. The van der Waals surface area contributed by atoms with E-state index in [4.69, 9.17) is 0 Å². The number of unbranched alkanes of at least 4 members (excludes halogenated alkanes) is 1. The monoisotopic (exact) mass is 252 g/mol. The molecular weight excluding hydrogens is 216 g/mol. The van der Waals surface area contributed by atoms with E-state index in [0.717, 1.165) is 23.7 Å². The van der Waals surface area contributed by atoms with Gasteiger partial charge in [-0.3, -0.25) is 0 Å². The summed E-state index contributed by atoms with van der Waals surface area (Å²) in [6, 6.07) is 0. The Bertz CT molecular complexity index is 194. The first kappa shape index (κ1) is 16.1. The van der Waals surface area contributed by atoms with Crippen molar-refractivity contribution in [3.05, 3.63) is 0 Å². The van der Waals surface area contributed by atoms with Crippen molar-refractivity contribution in [2.45, 2.75) is 91.9 Å². The molecule has 0 N–H and O–H groups in total. The van der Waals surface area contributed by atoms with Gasteiger partial charge in [-0.15, -0.1) is 0 Å². The highest BCUT2D eigenvalue weighted by Crippen LogP contribution is 2.37. The van der Waals surface area contributed by atoms with Gasteiger partial charge in [-0.25, -0.2) is 0 Å². The lowest BCUT2D eigenvalue weighted by molar-refractivity contribution is 0.203. The van der Waals surface area contributed by atoms with Gasteiger partial charge >= 0.3 is 0 Å². The Labute approximate surface area is 116 Å². The first-order valence-corrected chi connectivity index (χ1v) is 8.69. The molecule has 1 rings (SSSR count). The van der Waals surface area contributed by atoms with Gasteiger partial charge in [-0.1, -0.05) is 85.5 Å². The lowest BCUT2D eigenvalue weighted by Crippen LogP contribution is -2.20. The Morgan fingerprint density at radius 3 is 2.28 bits per heavy atom. The molecule has 0 radical (unpaired) electrons. The van der Waals surface area contributed by atoms with Crippen molar-refractivity contribution in [1.29, 1.82) is 0 Å². The molecule has 18 heavy (non-hydrogen) atoms. The zero-order valence-electron chi connectivity index (χ0n) is 13.4. The molecule has 1 aliphatic carbocycles. The van der Waals surface area contributed by atoms with Crippen LogP contribution >= 0.6 is 0 Å². The minimum Gasteiger partial charge on any atom is -0.0654 e. The van der Waals surface area contributed by atoms with E-state index in [0.29, 0.717) is 0 Å². The summed E-state index contributed by atoms with van der Waals surface area (Å²) in [4.78, 5) is 0. The van der Waals surface area contributed by atoms with Gasteiger partial charge in [0, 0.05) is 0 Å². The second-order valence-electron chi connectivity index (χ2n) is 6.95. The SMILES string of the molecule is CCCCC1CC(C(C)C)CCCCCC1CC. The van der Waals surface area contributed by atoms with Gasteiger partial charge in [-0.2, -0.15) is 0 Å². The normalized spacial score (nSPS) is 30.8. The molecule has 0 spiro atoms. The van der Waals surface area contributed by atoms with Crippen molar-refractivity contribution in [3.8, 4) is 0 Å². The van der Waals surface area contributed by atoms with Crippen molar-refractivity contribution >= 4 is 0 Å². The minimum absolute atomic E-state index is 0.893. The Balaban J connectivity index is 2.66. The lowest BCUT2D eigenvalue weighted by Gasteiger charge is -2.30. The third-order valence-corrected chi connectivity index (χ3v) is 5.32. The van der Waals surface area contributed by atoms with Crippen LogP contribution in [0.2, 0.25) is 0 Å². The maximum Gasteiger partial charge on any atom is -0.0383 e. The highest BCUT2D eigenvalue weighted by molar-refractivity contribution is 4.77. The van der Waals surface area contributed by atoms with Crippen molar-refractivity contribution in [3.63, 3.8) is 0 Å². The molecule has 1 saturated carbocycles. The maximum absolute atomic E-state index is 2.44. The fourth-order valence-corrected chi connectivity index (χ4v) is 3.89. The van der Waals surface area contributed by atoms with Gasteiger partial charge in [0.2, 0.25) is 0 Å². The summed E-state index contributed by atoms with van der Waals surface area (Å²) < 4.78 is 0. The van der Waals surface area contributed by atoms with Crippen LogP contribution in [0.1, 0.15) is 91.9 Å². The van der Waals surface area contributed by atoms with Gasteiger partial charge in [0.15, 0.2) is 0 Å². The average molecular weight is 252 g/mol. The lowest BCUT2D eigenvalue weighted by atomic mass is 9.75. The first-order chi connectivity index (χ1) is 8.69. The van der Waals surface area contributed by atoms with E-state index in [1.807, 2.05) is 0 Å². The second kappa shape index (κ2) is 8.99. The molecule has 0 nitrogen and oxygen atoms in total. The molecule has 0 aromatic carbocycles. The van der Waals surface area contributed by atoms with E-state index >= 15 is 0 Å². The van der Waals surface area contributed by atoms with Gasteiger partial charge in [0.05, 0.1) is 0 Å². The molecule has 0 bridgehead atoms. The predicted molar refractivity (Wildman–Crippen MR) is 82.8 cm³/mol. The Hall–Kier alpha value is 0. The highest BCUT2D eigenvalue weighted by Gasteiger charge is 2.25. The zero-order valence-corrected chi connectivity index (χ0v) is 13.4. The van der Waals surface area contributed by atoms with Crippen LogP contribution in [0.4, 0.5) is 0 Å². The van der Waals surface area contributed by atoms with E-state index in [-0.39, 0.29) is 0 Å². The number of rotatable bonds is 5. The molecule has 0 heterocycles. The van der Waals surface area contributed by atoms with E-state index in [1.165, 1.54) is 64.2 Å². The third-order valence-electron chi connectivity index (χ3n) is 5.32. The highest BCUT2D eigenvalue weighted by atomic mass is 14.3. The van der Waals surface area contributed by atoms with Crippen molar-refractivity contribution in [2.75, 3.05) is 0 Å². The Morgan fingerprint density at radius 1 is 0.944 bits per heavy atom. The van der Waals surface area contributed by atoms with Crippen molar-refractivity contribution < 1.29 is 0 Å². The Morgan fingerprint density at radius 2 is 1.67 bits per heavy atom. The van der Waals surface area contributed by atoms with Crippen LogP contribution in [0, 0.1) is 23.7 Å². The molecule has 3 unspecified atom stereocenters. The van der Waals surface area contributed by atoms with Crippen molar-refractivity contribution in [2.24, 2.45) is 23.7 Å². The van der Waals surface area contributed by atoms with Crippen LogP contribution in [0.3, 0.4) is 0 Å². The number of hydrogen-bond donors (Lipinski definition) is 0. The summed E-state index contributed by atoms with van der Waals surface area (Å²) in [5, 5.41) is 0. The fraction of sp³-hybridized carbons (Fsp3) is 1.00. The maximum atomic E-state index is 2.44. The van der Waals surface area contributed by atoms with Crippen LogP contribution in [-0.2, 0) is 0 Å². The molecule has 0 aliphatic heterocycles. The molecule has 0 aromatic heterocycles. The molecule has 0 saturated heterocycles. The molecule has 1 fully saturated rings. The van der Waals surface area contributed by atoms with Gasteiger partial charge in [-0.05, 0) is 30.1 Å². The average Bonchev–Trinajstić information content (AvgIpc) is 2.45. The van der Waals surface area contributed by atoms with Crippen LogP contribution in [-0.4, -0.2) is 0 Å². The minimum atomic E-state index is 0.893. The van der Waals surface area contributed by atoms with Crippen LogP contribution in [0.5, 0.6) is 0 Å². The summed E-state index contributed by atoms with van der Waals surface area (Å²) in [6.45, 7) is 9.66. The molecule has 1 aliphatic rings. The van der Waals surface area contributed by atoms with E-state index in [9.17, 15) is 0 Å². The topological polar surface area (TPSA) is 0 Å². The van der Waals surface area contributed by atoms with Crippen molar-refractivity contribution in [1.82, 2.24) is 0 Å². The van der Waals surface area contributed by atoms with Crippen LogP contribution in [0.25, 0.3) is 0 Å². The molecule has 0 amide bonds. The largest absolute Gasteiger partial charge is 0.0654 e. The quantitative estimate of drug-likeness (QED) is 0.528. The van der Waals surface area contributed by atoms with Gasteiger partial charge in [0.25, 0.3) is 0 Å². The summed E-state index contributed by atoms with van der Waals surface area (Å²) >= 11 is 0. The van der Waals surface area contributed by atoms with Gasteiger partial charge < -0.3 is 0 Å². The summed E-state index contributed by atoms with van der Waals surface area (Å²) in [5.41, 5.74) is 0. The van der Waals surface area contributed by atoms with Crippen LogP contribution in [0.15, 0.2) is 0 Å². The fourth-order valence-electron chi connectivity index (χ4n) is 3.89. The van der Waals surface area contributed by atoms with Crippen LogP contribution < -0.4 is 0 Å². The summed E-state index contributed by atoms with van der Waals surface area (Å²) in [6.07, 6.45) is 14.7. The van der Waals surface area contributed by atoms with E-state index in [2.05, 4.69) is 27.7 Å². The summed E-state index contributed by atoms with van der Waals surface area (Å²) in [7, 11) is 0. The predicted octanol–water partition coefficient (Wildman–Crippen LogP) is 6.45. The zero-order chi connectivity index (χ0) is 13.4. The Kier molecular flexibility index (Phi) is 8.02. The molecule has 0 aromatic rings. The second-order valence-corrected chi connectivity index (χ2v) is 6.95. The molecule has 3 atom stereocenters. The summed E-state index contributed by atoms with van der Waals surface area (Å²) in [5.74, 6) is 3.94. The third kappa shape index (κ3) is 5.33. The molecule has 108 valence electrons. The molecule has 0 heteroatoms. The number of hydrogen-bond acceptors (Lipinski definition) is 0. The smallest absolute Gasteiger partial charge is 0.0383 e. The first-order valence-electron chi connectivity index (χ1n) is 8.69.